The van der Waals surface area contributed by atoms with E-state index in [-0.39, 0.29) is 12.5 Å². The molecule has 9 heteroatoms. The summed E-state index contributed by atoms with van der Waals surface area (Å²) < 4.78 is 14.4. The van der Waals surface area contributed by atoms with Crippen LogP contribution in [0.2, 0.25) is 0 Å². The maximum Gasteiger partial charge on any atom is 0.250 e. The second-order valence-electron chi connectivity index (χ2n) is 8.24. The van der Waals surface area contributed by atoms with Crippen molar-refractivity contribution in [3.63, 3.8) is 0 Å². The number of hydrogen-bond donors (Lipinski definition) is 2. The monoisotopic (exact) mass is 519 g/mol. The number of aromatic nitrogens is 2. The first-order valence-corrected chi connectivity index (χ1v) is 11.9. The van der Waals surface area contributed by atoms with Gasteiger partial charge in [0.15, 0.2) is 12.0 Å². The maximum absolute atomic E-state index is 12.8. The van der Waals surface area contributed by atoms with Crippen molar-refractivity contribution in [2.45, 2.75) is 12.6 Å². The predicted octanol–water partition coefficient (Wildman–Crippen LogP) is 4.79. The van der Waals surface area contributed by atoms with Gasteiger partial charge in [-0.05, 0) is 60.5 Å². The summed E-state index contributed by atoms with van der Waals surface area (Å²) >= 11 is 3.47. The largest absolute Gasteiger partial charge is 0.463 e. The summed E-state index contributed by atoms with van der Waals surface area (Å²) in [5.41, 5.74) is 5.70. The van der Waals surface area contributed by atoms with Crippen LogP contribution in [0.15, 0.2) is 75.9 Å². The lowest BCUT2D eigenvalue weighted by Gasteiger charge is -2.23. The molecule has 1 amide bonds. The number of hydrogen-bond acceptors (Lipinski definition) is 6. The summed E-state index contributed by atoms with van der Waals surface area (Å²) in [6.07, 6.45) is 3.72. The third-order valence-electron chi connectivity index (χ3n) is 6.11. The van der Waals surface area contributed by atoms with E-state index in [0.29, 0.717) is 18.0 Å². The number of ether oxygens (including phenoxy) is 1. The number of nitrogens with one attached hydrogen (secondary N) is 2. The van der Waals surface area contributed by atoms with Crippen LogP contribution in [0, 0.1) is 0 Å². The van der Waals surface area contributed by atoms with E-state index in [4.69, 9.17) is 14.3 Å². The molecule has 0 bridgehead atoms. The maximum atomic E-state index is 12.8. The minimum absolute atomic E-state index is 0.0345. The van der Waals surface area contributed by atoms with Crippen molar-refractivity contribution in [1.29, 1.82) is 0 Å². The number of fused-ring (bicyclic) bond motifs is 1. The van der Waals surface area contributed by atoms with E-state index in [9.17, 15) is 4.79 Å². The van der Waals surface area contributed by atoms with E-state index in [2.05, 4.69) is 44.8 Å². The van der Waals surface area contributed by atoms with Crippen LogP contribution in [0.4, 0.5) is 11.4 Å². The molecule has 1 saturated heterocycles. The number of anilines is 2. The highest BCUT2D eigenvalue weighted by Crippen LogP contribution is 2.36. The Hall–Kier alpha value is -3.56. The molecule has 2 aliphatic heterocycles. The van der Waals surface area contributed by atoms with Crippen LogP contribution in [0.5, 0.6) is 0 Å². The molecule has 1 fully saturated rings. The van der Waals surface area contributed by atoms with Crippen molar-refractivity contribution in [3.8, 4) is 17.1 Å². The van der Waals surface area contributed by atoms with Gasteiger partial charge in [-0.2, -0.15) is 5.10 Å². The van der Waals surface area contributed by atoms with E-state index in [1.807, 2.05) is 42.6 Å². The Labute approximate surface area is 204 Å². The average molecular weight is 520 g/mol. The zero-order chi connectivity index (χ0) is 23.1. The highest BCUT2D eigenvalue weighted by atomic mass is 79.9. The molecule has 0 spiro atoms. The van der Waals surface area contributed by atoms with Gasteiger partial charge in [0.05, 0.1) is 35.6 Å². The standard InChI is InChI=1S/C25H22BrN5O3/c26-17-4-6-18(7-5-17)31-13-19(24(29-31)22-2-1-11-33-22)25-30(23(32)14-34-25)10-9-16-3-8-20-21(12-16)28-15-27-20/h1-8,11-13,25,27-28H,9-10,14-15H2. The first-order valence-electron chi connectivity index (χ1n) is 11.1. The topological polar surface area (TPSA) is 84.6 Å². The Morgan fingerprint density at radius 2 is 1.94 bits per heavy atom. The SMILES string of the molecule is O=C1COC(c2cn(-c3ccc(Br)cc3)nc2-c2ccco2)N1CCc1ccc2c(c1)NCN2. The fourth-order valence-electron chi connectivity index (χ4n) is 4.38. The minimum Gasteiger partial charge on any atom is -0.463 e. The summed E-state index contributed by atoms with van der Waals surface area (Å²) in [4.78, 5) is 14.6. The van der Waals surface area contributed by atoms with Crippen LogP contribution in [-0.2, 0) is 16.0 Å². The van der Waals surface area contributed by atoms with Gasteiger partial charge >= 0.3 is 0 Å². The molecule has 8 nitrogen and oxygen atoms in total. The molecule has 34 heavy (non-hydrogen) atoms. The highest BCUT2D eigenvalue weighted by molar-refractivity contribution is 9.10. The van der Waals surface area contributed by atoms with E-state index in [0.717, 1.165) is 45.8 Å². The van der Waals surface area contributed by atoms with E-state index in [1.165, 1.54) is 0 Å². The van der Waals surface area contributed by atoms with Crippen molar-refractivity contribution in [3.05, 3.63) is 82.7 Å². The summed E-state index contributed by atoms with van der Waals surface area (Å²) in [5.74, 6) is 0.596. The number of nitrogens with zero attached hydrogens (tertiary/aromatic N) is 3. The molecule has 0 aliphatic carbocycles. The normalized spacial score (nSPS) is 17.0. The lowest BCUT2D eigenvalue weighted by atomic mass is 10.1. The average Bonchev–Trinajstić information content (AvgIpc) is 3.64. The Bertz CT molecular complexity index is 1330. The van der Waals surface area contributed by atoms with Gasteiger partial charge in [-0.25, -0.2) is 4.68 Å². The fraction of sp³-hybridized carbons (Fsp3) is 0.200. The first-order chi connectivity index (χ1) is 16.7. The van der Waals surface area contributed by atoms with Gasteiger partial charge in [0.25, 0.3) is 5.91 Å². The van der Waals surface area contributed by atoms with Crippen molar-refractivity contribution in [2.75, 3.05) is 30.5 Å². The van der Waals surface area contributed by atoms with Gasteiger partial charge in [0.2, 0.25) is 0 Å². The Kier molecular flexibility index (Phi) is 5.35. The predicted molar refractivity (Wildman–Crippen MR) is 132 cm³/mol. The molecule has 6 rings (SSSR count). The number of halogens is 1. The molecule has 0 radical (unpaired) electrons. The number of benzene rings is 2. The number of amides is 1. The number of furan rings is 1. The van der Waals surface area contributed by atoms with E-state index in [1.54, 1.807) is 15.8 Å². The quantitative estimate of drug-likeness (QED) is 0.381. The zero-order valence-electron chi connectivity index (χ0n) is 18.2. The molecular formula is C25H22BrN5O3. The lowest BCUT2D eigenvalue weighted by molar-refractivity contribution is -0.128. The molecule has 2 aromatic heterocycles. The second kappa shape index (κ2) is 8.66. The molecule has 1 unspecified atom stereocenters. The summed E-state index contributed by atoms with van der Waals surface area (Å²) in [5, 5.41) is 11.4. The van der Waals surface area contributed by atoms with Crippen LogP contribution in [0.1, 0.15) is 17.4 Å². The van der Waals surface area contributed by atoms with Gasteiger partial charge in [-0.3, -0.25) is 4.79 Å². The molecule has 4 aromatic rings. The first kappa shape index (κ1) is 21.0. The third kappa shape index (κ3) is 3.86. The van der Waals surface area contributed by atoms with Crippen LogP contribution in [0.25, 0.3) is 17.1 Å². The van der Waals surface area contributed by atoms with E-state index < -0.39 is 6.23 Å². The number of rotatable bonds is 6. The number of carbonyl (C=O) groups is 1. The minimum atomic E-state index is -0.536. The molecule has 0 saturated carbocycles. The van der Waals surface area contributed by atoms with Gasteiger partial charge in [-0.15, -0.1) is 0 Å². The van der Waals surface area contributed by atoms with Crippen molar-refractivity contribution >= 4 is 33.2 Å². The van der Waals surface area contributed by atoms with Gasteiger partial charge in [-0.1, -0.05) is 22.0 Å². The Morgan fingerprint density at radius 1 is 1.09 bits per heavy atom. The molecule has 2 aliphatic rings. The van der Waals surface area contributed by atoms with Crippen LogP contribution in [0.3, 0.4) is 0 Å². The lowest BCUT2D eigenvalue weighted by Crippen LogP contribution is -2.30. The van der Waals surface area contributed by atoms with Gasteiger partial charge in [0.1, 0.15) is 12.3 Å². The highest BCUT2D eigenvalue weighted by Gasteiger charge is 2.36. The van der Waals surface area contributed by atoms with E-state index >= 15 is 0 Å². The Morgan fingerprint density at radius 3 is 2.76 bits per heavy atom. The van der Waals surface area contributed by atoms with Crippen LogP contribution < -0.4 is 10.6 Å². The third-order valence-corrected chi connectivity index (χ3v) is 6.63. The molecule has 1 atom stereocenters. The van der Waals surface area contributed by atoms with Crippen LogP contribution >= 0.6 is 15.9 Å². The fourth-order valence-corrected chi connectivity index (χ4v) is 4.65. The smallest absolute Gasteiger partial charge is 0.250 e. The van der Waals surface area contributed by atoms with Crippen molar-refractivity contribution < 1.29 is 13.9 Å². The second-order valence-corrected chi connectivity index (χ2v) is 9.16. The molecule has 172 valence electrons. The molecule has 4 heterocycles. The van der Waals surface area contributed by atoms with Gasteiger partial charge < -0.3 is 24.7 Å². The number of carbonyl (C=O) groups excluding carboxylic acids is 1. The van der Waals surface area contributed by atoms with Crippen molar-refractivity contribution in [2.24, 2.45) is 0 Å². The van der Waals surface area contributed by atoms with Gasteiger partial charge in [0, 0.05) is 17.2 Å². The summed E-state index contributed by atoms with van der Waals surface area (Å²) in [6.45, 7) is 1.31. The molecule has 2 aromatic carbocycles. The Balaban J connectivity index is 1.31. The molecule has 2 N–H and O–H groups in total. The molecular weight excluding hydrogens is 498 g/mol. The summed E-state index contributed by atoms with van der Waals surface area (Å²) in [7, 11) is 0. The van der Waals surface area contributed by atoms with Crippen LogP contribution in [-0.4, -0.2) is 40.4 Å². The van der Waals surface area contributed by atoms with Crippen molar-refractivity contribution in [1.82, 2.24) is 14.7 Å². The zero-order valence-corrected chi connectivity index (χ0v) is 19.8. The summed E-state index contributed by atoms with van der Waals surface area (Å²) in [6, 6.07) is 17.9.